The lowest BCUT2D eigenvalue weighted by Crippen LogP contribution is -2.43. The van der Waals surface area contributed by atoms with Gasteiger partial charge >= 0.3 is 0 Å². The number of benzene rings is 1. The number of nitrogens with two attached hydrogens (primary N) is 1. The van der Waals surface area contributed by atoms with Gasteiger partial charge in [0, 0.05) is 24.6 Å². The zero-order chi connectivity index (χ0) is 18.6. The Bertz CT molecular complexity index is 751. The maximum atomic E-state index is 11.6. The van der Waals surface area contributed by atoms with Crippen molar-refractivity contribution in [2.75, 3.05) is 19.4 Å². The van der Waals surface area contributed by atoms with Crippen LogP contribution in [0, 0.1) is 5.92 Å². The quantitative estimate of drug-likeness (QED) is 0.530. The number of nitrogens with zero attached hydrogens (tertiary/aromatic N) is 1. The first-order valence-corrected chi connectivity index (χ1v) is 11.1. The smallest absolute Gasteiger partial charge is 0.208 e. The summed E-state index contributed by atoms with van der Waals surface area (Å²) in [5.74, 6) is 1.46. The third-order valence-electron chi connectivity index (χ3n) is 5.05. The van der Waals surface area contributed by atoms with E-state index in [9.17, 15) is 8.42 Å². The topological polar surface area (TPSA) is 106 Å². The van der Waals surface area contributed by atoms with Crippen LogP contribution >= 0.6 is 0 Å². The van der Waals surface area contributed by atoms with Crippen LogP contribution in [0.2, 0.25) is 0 Å². The van der Waals surface area contributed by atoms with Gasteiger partial charge in [-0.1, -0.05) is 31.0 Å². The number of aliphatic imine (C=N–C) groups is 1. The molecule has 1 fully saturated rings. The molecule has 0 aromatic heterocycles. The third kappa shape index (κ3) is 5.11. The maximum Gasteiger partial charge on any atom is 0.208 e. The Hall–Kier alpha value is -1.80. The Labute approximate surface area is 155 Å². The van der Waals surface area contributed by atoms with Gasteiger partial charge in [0.25, 0.3) is 0 Å². The number of rotatable bonds is 5. The van der Waals surface area contributed by atoms with Crippen LogP contribution in [0.15, 0.2) is 29.3 Å². The van der Waals surface area contributed by atoms with Gasteiger partial charge in [0.1, 0.15) is 5.75 Å². The number of sulfonamides is 1. The summed E-state index contributed by atoms with van der Waals surface area (Å²) in [7, 11) is -3.21. The average molecular weight is 381 g/mol. The number of para-hydroxylation sites is 1. The third-order valence-corrected chi connectivity index (χ3v) is 5.78. The molecule has 1 aromatic carbocycles. The van der Waals surface area contributed by atoms with Crippen LogP contribution in [0.5, 0.6) is 5.75 Å². The summed E-state index contributed by atoms with van der Waals surface area (Å²) in [6, 6.07) is 7.96. The second kappa shape index (κ2) is 8.26. The van der Waals surface area contributed by atoms with Crippen LogP contribution in [0.1, 0.15) is 43.7 Å². The summed E-state index contributed by atoms with van der Waals surface area (Å²) >= 11 is 0. The molecule has 1 aliphatic heterocycles. The van der Waals surface area contributed by atoms with Crippen LogP contribution in [0.3, 0.4) is 0 Å². The predicted octanol–water partition coefficient (Wildman–Crippen LogP) is 1.52. The molecular formula is C18H28N4O3S. The van der Waals surface area contributed by atoms with Crippen LogP contribution < -0.4 is 20.5 Å². The zero-order valence-electron chi connectivity index (χ0n) is 15.1. The molecule has 4 N–H and O–H groups in total. The van der Waals surface area contributed by atoms with Gasteiger partial charge in [-0.2, -0.15) is 0 Å². The Morgan fingerprint density at radius 2 is 2.04 bits per heavy atom. The number of hydrogen-bond donors (Lipinski definition) is 3. The van der Waals surface area contributed by atoms with Crippen LogP contribution in [0.25, 0.3) is 0 Å². The number of nitrogens with one attached hydrogen (secondary N) is 2. The molecule has 0 amide bonds. The van der Waals surface area contributed by atoms with Crippen LogP contribution in [-0.4, -0.2) is 39.8 Å². The fourth-order valence-electron chi connectivity index (χ4n) is 3.79. The first-order valence-electron chi connectivity index (χ1n) is 9.18. The number of hydrogen-bond acceptors (Lipinski definition) is 4. The first-order chi connectivity index (χ1) is 12.4. The van der Waals surface area contributed by atoms with Crippen molar-refractivity contribution in [2.45, 2.75) is 44.2 Å². The van der Waals surface area contributed by atoms with Gasteiger partial charge in [-0.05, 0) is 24.8 Å². The second-order valence-electron chi connectivity index (χ2n) is 7.14. The van der Waals surface area contributed by atoms with E-state index in [1.807, 2.05) is 24.3 Å². The average Bonchev–Trinajstić information content (AvgIpc) is 2.60. The fraction of sp³-hybridized carbons (Fsp3) is 0.611. The van der Waals surface area contributed by atoms with Crippen molar-refractivity contribution >= 4 is 16.0 Å². The van der Waals surface area contributed by atoms with Gasteiger partial charge in [-0.3, -0.25) is 4.99 Å². The molecule has 1 aliphatic carbocycles. The Balaban J connectivity index is 1.61. The molecule has 3 rings (SSSR count). The minimum Gasteiger partial charge on any atom is -0.493 e. The molecular weight excluding hydrogens is 352 g/mol. The molecule has 144 valence electrons. The van der Waals surface area contributed by atoms with Crippen LogP contribution in [0.4, 0.5) is 0 Å². The highest BCUT2D eigenvalue weighted by molar-refractivity contribution is 7.88. The van der Waals surface area contributed by atoms with Crippen molar-refractivity contribution in [3.63, 3.8) is 0 Å². The molecule has 1 saturated carbocycles. The Morgan fingerprint density at radius 1 is 1.27 bits per heavy atom. The minimum absolute atomic E-state index is 0.0564. The molecule has 1 heterocycles. The standard InChI is InChI=1S/C18H28N4O3S/c1-26(23,24)22-15-8-4-2-6-13(15)12-20-18(19)21-16-10-11-25-17-9-5-3-7-14(16)17/h3,5,7,9,13,15-16,22H,2,4,6,8,10-12H2,1H3,(H3,19,20,21). The monoisotopic (exact) mass is 380 g/mol. The highest BCUT2D eigenvalue weighted by atomic mass is 32.2. The van der Waals surface area contributed by atoms with E-state index in [2.05, 4.69) is 15.0 Å². The Morgan fingerprint density at radius 3 is 2.85 bits per heavy atom. The van der Waals surface area contributed by atoms with E-state index in [4.69, 9.17) is 10.5 Å². The summed E-state index contributed by atoms with van der Waals surface area (Å²) < 4.78 is 31.6. The molecule has 26 heavy (non-hydrogen) atoms. The van der Waals surface area contributed by atoms with Crippen molar-refractivity contribution < 1.29 is 13.2 Å². The zero-order valence-corrected chi connectivity index (χ0v) is 16.0. The molecule has 3 atom stereocenters. The van der Waals surface area contributed by atoms with Gasteiger partial charge in [0.15, 0.2) is 5.96 Å². The van der Waals surface area contributed by atoms with Gasteiger partial charge in [-0.15, -0.1) is 0 Å². The van der Waals surface area contributed by atoms with Crippen molar-refractivity contribution in [3.05, 3.63) is 29.8 Å². The van der Waals surface area contributed by atoms with E-state index >= 15 is 0 Å². The molecule has 2 aliphatic rings. The summed E-state index contributed by atoms with van der Waals surface area (Å²) in [5.41, 5.74) is 7.20. The molecule has 0 spiro atoms. The number of guanidine groups is 1. The molecule has 0 saturated heterocycles. The summed E-state index contributed by atoms with van der Waals surface area (Å²) in [4.78, 5) is 4.50. The molecule has 7 nitrogen and oxygen atoms in total. The highest BCUT2D eigenvalue weighted by Gasteiger charge is 2.27. The van der Waals surface area contributed by atoms with Crippen molar-refractivity contribution in [2.24, 2.45) is 16.6 Å². The number of fused-ring (bicyclic) bond motifs is 1. The lowest BCUT2D eigenvalue weighted by atomic mass is 9.85. The summed E-state index contributed by atoms with van der Waals surface area (Å²) in [5, 5.41) is 3.29. The lowest BCUT2D eigenvalue weighted by molar-refractivity contribution is 0.262. The Kier molecular flexibility index (Phi) is 6.03. The van der Waals surface area contributed by atoms with Crippen molar-refractivity contribution in [1.29, 1.82) is 0 Å². The van der Waals surface area contributed by atoms with Gasteiger partial charge in [-0.25, -0.2) is 13.1 Å². The minimum atomic E-state index is -3.21. The van der Waals surface area contributed by atoms with E-state index in [0.717, 1.165) is 43.4 Å². The van der Waals surface area contributed by atoms with Crippen molar-refractivity contribution in [1.82, 2.24) is 10.0 Å². The second-order valence-corrected chi connectivity index (χ2v) is 8.92. The van der Waals surface area contributed by atoms with E-state index in [-0.39, 0.29) is 18.0 Å². The number of ether oxygens (including phenoxy) is 1. The molecule has 8 heteroatoms. The fourth-order valence-corrected chi connectivity index (χ4v) is 4.65. The summed E-state index contributed by atoms with van der Waals surface area (Å²) in [6.07, 6.45) is 6.00. The van der Waals surface area contributed by atoms with Gasteiger partial charge < -0.3 is 15.8 Å². The van der Waals surface area contributed by atoms with E-state index in [1.54, 1.807) is 0 Å². The molecule has 1 aromatic rings. The predicted molar refractivity (Wildman–Crippen MR) is 103 cm³/mol. The molecule has 3 unspecified atom stereocenters. The van der Waals surface area contributed by atoms with E-state index in [0.29, 0.717) is 19.1 Å². The van der Waals surface area contributed by atoms with Crippen LogP contribution in [-0.2, 0) is 10.0 Å². The summed E-state index contributed by atoms with van der Waals surface area (Å²) in [6.45, 7) is 1.17. The SMILES string of the molecule is CS(=O)(=O)NC1CCCCC1CN=C(N)NC1CCOc2ccccc21. The van der Waals surface area contributed by atoms with Gasteiger partial charge in [0.05, 0.1) is 18.9 Å². The largest absolute Gasteiger partial charge is 0.493 e. The molecule has 0 bridgehead atoms. The molecule has 0 radical (unpaired) electrons. The first kappa shape index (κ1) is 19.0. The van der Waals surface area contributed by atoms with E-state index in [1.165, 1.54) is 6.26 Å². The maximum absolute atomic E-state index is 11.6. The van der Waals surface area contributed by atoms with E-state index < -0.39 is 10.0 Å². The van der Waals surface area contributed by atoms with Gasteiger partial charge in [0.2, 0.25) is 10.0 Å². The highest BCUT2D eigenvalue weighted by Crippen LogP contribution is 2.31. The normalized spacial score (nSPS) is 26.7. The lowest BCUT2D eigenvalue weighted by Gasteiger charge is -2.31. The van der Waals surface area contributed by atoms with Crippen molar-refractivity contribution in [3.8, 4) is 5.75 Å².